The van der Waals surface area contributed by atoms with E-state index in [0.29, 0.717) is 0 Å². The Kier molecular flexibility index (Phi) is 2.38. The Morgan fingerprint density at radius 1 is 1.22 bits per heavy atom. The van der Waals surface area contributed by atoms with Gasteiger partial charge in [-0.25, -0.2) is 10.9 Å². The molecule has 0 aromatic heterocycles. The number of hydrogen-bond acceptors (Lipinski definition) is 6. The van der Waals surface area contributed by atoms with Crippen LogP contribution in [0.4, 0.5) is 0 Å². The van der Waals surface area contributed by atoms with Crippen LogP contribution in [-0.4, -0.2) is 22.6 Å². The van der Waals surface area contributed by atoms with Gasteiger partial charge in [0.1, 0.15) is 0 Å². The van der Waals surface area contributed by atoms with Crippen molar-refractivity contribution >= 4 is 11.6 Å². The van der Waals surface area contributed by atoms with Crippen LogP contribution < -0.4 is 10.9 Å². The number of nitrogens with one attached hydrogen (secondary N) is 2. The summed E-state index contributed by atoms with van der Waals surface area (Å²) in [6.45, 7) is 5.62. The maximum absolute atomic E-state index is 11.8. The predicted molar refractivity (Wildman–Crippen MR) is 60.5 cm³/mol. The largest absolute Gasteiger partial charge is 0.296 e. The first-order valence-corrected chi connectivity index (χ1v) is 5.68. The van der Waals surface area contributed by atoms with Crippen molar-refractivity contribution in [3.8, 4) is 12.1 Å². The number of hydrazine groups is 1. The highest BCUT2D eigenvalue weighted by atomic mass is 16.2. The molecule has 0 heterocycles. The van der Waals surface area contributed by atoms with Crippen LogP contribution >= 0.6 is 0 Å². The van der Waals surface area contributed by atoms with Crippen molar-refractivity contribution in [1.82, 2.24) is 10.9 Å². The third kappa shape index (κ3) is 1.54. The minimum Gasteiger partial charge on any atom is -0.296 e. The van der Waals surface area contributed by atoms with E-state index in [4.69, 9.17) is 5.26 Å². The number of ketones is 2. The molecule has 2 rings (SSSR count). The molecule has 0 saturated heterocycles. The molecular weight excluding hydrogens is 232 g/mol. The summed E-state index contributed by atoms with van der Waals surface area (Å²) >= 11 is 0. The van der Waals surface area contributed by atoms with Crippen molar-refractivity contribution in [3.63, 3.8) is 0 Å². The van der Waals surface area contributed by atoms with Gasteiger partial charge in [-0.3, -0.25) is 9.59 Å². The van der Waals surface area contributed by atoms with Gasteiger partial charge in [0.25, 0.3) is 0 Å². The summed E-state index contributed by atoms with van der Waals surface area (Å²) < 4.78 is 0. The van der Waals surface area contributed by atoms with Gasteiger partial charge in [0.2, 0.25) is 0 Å². The Morgan fingerprint density at radius 2 is 1.78 bits per heavy atom. The van der Waals surface area contributed by atoms with Gasteiger partial charge in [0, 0.05) is 6.42 Å². The summed E-state index contributed by atoms with van der Waals surface area (Å²) in [7, 11) is 0. The number of carbonyl (C=O) groups excluding carboxylic acids is 2. The Morgan fingerprint density at radius 3 is 2.06 bits per heavy atom. The molecule has 6 nitrogen and oxygen atoms in total. The number of carbonyl (C=O) groups is 2. The first-order valence-electron chi connectivity index (χ1n) is 5.68. The molecule has 18 heavy (non-hydrogen) atoms. The Labute approximate surface area is 105 Å². The van der Waals surface area contributed by atoms with Crippen LogP contribution in [0.5, 0.6) is 0 Å². The molecule has 0 bridgehead atoms. The molecule has 2 N–H and O–H groups in total. The molecule has 0 aromatic carbocycles. The summed E-state index contributed by atoms with van der Waals surface area (Å²) in [5.74, 6) is -0.871. The highest BCUT2D eigenvalue weighted by Crippen LogP contribution is 2.50. The number of nitrogens with zero attached hydrogens (tertiary/aromatic N) is 2. The van der Waals surface area contributed by atoms with E-state index in [1.54, 1.807) is 0 Å². The summed E-state index contributed by atoms with van der Waals surface area (Å²) in [4.78, 5) is 23.0. The van der Waals surface area contributed by atoms with Crippen LogP contribution in [0.25, 0.3) is 0 Å². The Balaban J connectivity index is 2.10. The minimum absolute atomic E-state index is 0.104. The first kappa shape index (κ1) is 12.7. The van der Waals surface area contributed by atoms with E-state index in [1.165, 1.54) is 0 Å². The molecule has 94 valence electrons. The Bertz CT molecular complexity index is 522. The molecule has 2 fully saturated rings. The van der Waals surface area contributed by atoms with Crippen molar-refractivity contribution in [2.45, 2.75) is 38.3 Å². The predicted octanol–water partition coefficient (Wildman–Crippen LogP) is -0.177. The van der Waals surface area contributed by atoms with Crippen molar-refractivity contribution < 1.29 is 9.59 Å². The average molecular weight is 246 g/mol. The zero-order valence-corrected chi connectivity index (χ0v) is 10.5. The quantitative estimate of drug-likeness (QED) is 0.669. The lowest BCUT2D eigenvalue weighted by molar-refractivity contribution is -0.113. The fourth-order valence-electron chi connectivity index (χ4n) is 2.27. The zero-order chi connectivity index (χ0) is 13.8. The molecule has 2 saturated carbocycles. The van der Waals surface area contributed by atoms with Gasteiger partial charge >= 0.3 is 0 Å². The average Bonchev–Trinajstić information content (AvgIpc) is 3.11. The number of hydrogen-bond donors (Lipinski definition) is 2. The van der Waals surface area contributed by atoms with Crippen molar-refractivity contribution in [3.05, 3.63) is 0 Å². The van der Waals surface area contributed by atoms with Crippen LogP contribution in [0.1, 0.15) is 27.2 Å². The Hall–Kier alpha value is -1.76. The molecule has 0 spiro atoms. The first-order chi connectivity index (χ1) is 8.23. The van der Waals surface area contributed by atoms with Gasteiger partial charge in [0.05, 0.1) is 18.1 Å². The number of Topliss-reactive ketones (excluding diaryl/α,β-unsaturated/α-hetero) is 2. The highest BCUT2D eigenvalue weighted by Gasteiger charge is 2.71. The lowest BCUT2D eigenvalue weighted by Gasteiger charge is -2.20. The van der Waals surface area contributed by atoms with Crippen molar-refractivity contribution in [2.75, 3.05) is 0 Å². The van der Waals surface area contributed by atoms with Gasteiger partial charge in [-0.05, 0) is 5.41 Å². The van der Waals surface area contributed by atoms with Gasteiger partial charge in [-0.1, -0.05) is 20.8 Å². The molecule has 3 atom stereocenters. The summed E-state index contributed by atoms with van der Waals surface area (Å²) in [6.07, 6.45) is 0.104. The fraction of sp³-hybridized carbons (Fsp3) is 0.667. The van der Waals surface area contributed by atoms with Crippen molar-refractivity contribution in [1.29, 1.82) is 10.5 Å². The molecule has 3 unspecified atom stereocenters. The monoisotopic (exact) mass is 246 g/mol. The van der Waals surface area contributed by atoms with Crippen LogP contribution in [0.3, 0.4) is 0 Å². The van der Waals surface area contributed by atoms with Crippen LogP contribution in [0.2, 0.25) is 0 Å². The molecule has 0 aromatic rings. The molecular formula is C12H14N4O2. The van der Waals surface area contributed by atoms with E-state index in [0.717, 1.165) is 0 Å². The minimum atomic E-state index is -1.31. The zero-order valence-electron chi connectivity index (χ0n) is 10.5. The topological polar surface area (TPSA) is 106 Å². The third-order valence-corrected chi connectivity index (χ3v) is 3.48. The van der Waals surface area contributed by atoms with Gasteiger partial charge in [-0.15, -0.1) is 0 Å². The van der Waals surface area contributed by atoms with Crippen molar-refractivity contribution in [2.24, 2.45) is 11.3 Å². The molecule has 0 amide bonds. The standard InChI is InChI=1S/C12H14N4O2/c1-10(2,3)8-9(18)12(8,6-14)16-15-11(5-13)4-7(11)17/h8,15-16H,4H2,1-3H3. The maximum Gasteiger partial charge on any atom is 0.188 e. The van der Waals surface area contributed by atoms with Crippen LogP contribution in [0, 0.1) is 34.0 Å². The highest BCUT2D eigenvalue weighted by molar-refractivity contribution is 6.12. The molecule has 0 radical (unpaired) electrons. The van der Waals surface area contributed by atoms with E-state index in [1.807, 2.05) is 32.9 Å². The second-order valence-corrected chi connectivity index (χ2v) is 5.95. The maximum atomic E-state index is 11.8. The fourth-order valence-corrected chi connectivity index (χ4v) is 2.27. The molecule has 2 aliphatic rings. The third-order valence-electron chi connectivity index (χ3n) is 3.48. The van der Waals surface area contributed by atoms with E-state index < -0.39 is 17.0 Å². The number of nitriles is 2. The van der Waals surface area contributed by atoms with E-state index in [9.17, 15) is 14.9 Å². The van der Waals surface area contributed by atoms with Gasteiger partial charge < -0.3 is 0 Å². The second-order valence-electron chi connectivity index (χ2n) is 5.95. The summed E-state index contributed by atoms with van der Waals surface area (Å²) in [6, 6.07) is 3.81. The normalized spacial score (nSPS) is 37.9. The SMILES string of the molecule is CC(C)(C)C1C(=O)C1(C#N)NNC1(C#N)CC1=O. The van der Waals surface area contributed by atoms with Gasteiger partial charge in [-0.2, -0.15) is 10.5 Å². The van der Waals surface area contributed by atoms with Crippen LogP contribution in [-0.2, 0) is 9.59 Å². The molecule has 2 aliphatic carbocycles. The van der Waals surface area contributed by atoms with E-state index in [2.05, 4.69) is 10.9 Å². The van der Waals surface area contributed by atoms with Crippen LogP contribution in [0.15, 0.2) is 0 Å². The van der Waals surface area contributed by atoms with E-state index >= 15 is 0 Å². The van der Waals surface area contributed by atoms with Gasteiger partial charge in [0.15, 0.2) is 22.6 Å². The summed E-state index contributed by atoms with van der Waals surface area (Å²) in [5, 5.41) is 18.0. The second kappa shape index (κ2) is 3.38. The van der Waals surface area contributed by atoms with E-state index in [-0.39, 0.29) is 23.4 Å². The molecule has 0 aliphatic heterocycles. The smallest absolute Gasteiger partial charge is 0.188 e. The lowest BCUT2D eigenvalue weighted by atomic mass is 9.87. The summed E-state index contributed by atoms with van der Waals surface area (Å²) in [5.41, 5.74) is 2.25. The lowest BCUT2D eigenvalue weighted by Crippen LogP contribution is -2.52. The molecule has 6 heteroatoms. The number of rotatable bonds is 3.